The van der Waals surface area contributed by atoms with Crippen LogP contribution in [0.3, 0.4) is 0 Å². The Balaban J connectivity index is 4.38. The van der Waals surface area contributed by atoms with Gasteiger partial charge in [-0.05, 0) is 18.3 Å². The van der Waals surface area contributed by atoms with Gasteiger partial charge in [-0.1, -0.05) is 33.6 Å². The lowest BCUT2D eigenvalue weighted by molar-refractivity contribution is -0.140. The number of amides is 1. The van der Waals surface area contributed by atoms with E-state index in [1.54, 1.807) is 6.92 Å². The van der Waals surface area contributed by atoms with Gasteiger partial charge in [0.15, 0.2) is 0 Å². The number of carboxylic acids is 1. The highest BCUT2D eigenvalue weighted by molar-refractivity contribution is 5.75. The number of hydrogen-bond acceptors (Lipinski definition) is 3. The molecule has 0 aliphatic carbocycles. The van der Waals surface area contributed by atoms with Crippen LogP contribution in [-0.4, -0.2) is 28.5 Å². The smallest absolute Gasteiger partial charge is 0.303 e. The number of nitrogens with zero attached hydrogens (tertiary/aromatic N) is 1. The molecule has 0 aromatic carbocycles. The molecule has 0 heterocycles. The van der Waals surface area contributed by atoms with Crippen LogP contribution < -0.4 is 5.84 Å². The Labute approximate surface area is 109 Å². The van der Waals surface area contributed by atoms with Gasteiger partial charge >= 0.3 is 5.97 Å². The van der Waals surface area contributed by atoms with Crippen LogP contribution in [0.4, 0.5) is 0 Å². The summed E-state index contributed by atoms with van der Waals surface area (Å²) in [6, 6.07) is 0. The molecule has 5 nitrogen and oxygen atoms in total. The van der Waals surface area contributed by atoms with Crippen LogP contribution in [0.15, 0.2) is 0 Å². The summed E-state index contributed by atoms with van der Waals surface area (Å²) in [6.45, 7) is 6.29. The number of carbonyl (C=O) groups excluding carboxylic acids is 1. The fourth-order valence-corrected chi connectivity index (χ4v) is 2.23. The molecule has 0 rings (SSSR count). The second-order valence-electron chi connectivity index (χ2n) is 4.99. The van der Waals surface area contributed by atoms with E-state index in [4.69, 9.17) is 10.9 Å². The van der Waals surface area contributed by atoms with E-state index >= 15 is 0 Å². The van der Waals surface area contributed by atoms with Crippen molar-refractivity contribution < 1.29 is 14.7 Å². The molecule has 0 saturated heterocycles. The van der Waals surface area contributed by atoms with Crippen molar-refractivity contribution in [3.8, 4) is 0 Å². The molecule has 0 aromatic heterocycles. The van der Waals surface area contributed by atoms with Crippen molar-refractivity contribution in [3.63, 3.8) is 0 Å². The Kier molecular flexibility index (Phi) is 8.37. The van der Waals surface area contributed by atoms with E-state index in [1.165, 1.54) is 0 Å². The van der Waals surface area contributed by atoms with Crippen molar-refractivity contribution in [1.82, 2.24) is 5.01 Å². The summed E-state index contributed by atoms with van der Waals surface area (Å²) in [5.41, 5.74) is 0. The maximum atomic E-state index is 11.4. The van der Waals surface area contributed by atoms with Gasteiger partial charge in [0.25, 0.3) is 0 Å². The molecule has 0 bridgehead atoms. The second-order valence-corrected chi connectivity index (χ2v) is 4.99. The highest BCUT2D eigenvalue weighted by Crippen LogP contribution is 2.20. The highest BCUT2D eigenvalue weighted by Gasteiger charge is 2.20. The van der Waals surface area contributed by atoms with Crippen molar-refractivity contribution in [3.05, 3.63) is 0 Å². The van der Waals surface area contributed by atoms with E-state index in [0.29, 0.717) is 18.9 Å². The molecule has 3 N–H and O–H groups in total. The van der Waals surface area contributed by atoms with E-state index in [-0.39, 0.29) is 18.2 Å². The van der Waals surface area contributed by atoms with Gasteiger partial charge in [0.2, 0.25) is 5.91 Å². The Hall–Kier alpha value is -1.10. The Bertz CT molecular complexity index is 269. The summed E-state index contributed by atoms with van der Waals surface area (Å²) in [6.07, 6.45) is 3.37. The van der Waals surface area contributed by atoms with Crippen molar-refractivity contribution in [1.29, 1.82) is 0 Å². The minimum atomic E-state index is -0.832. The molecular formula is C13H26N2O3. The molecule has 0 saturated carbocycles. The zero-order chi connectivity index (χ0) is 14.1. The minimum Gasteiger partial charge on any atom is -0.481 e. The van der Waals surface area contributed by atoms with Gasteiger partial charge in [-0.15, -0.1) is 0 Å². The van der Waals surface area contributed by atoms with Gasteiger partial charge in [0.1, 0.15) is 0 Å². The van der Waals surface area contributed by atoms with E-state index in [0.717, 1.165) is 24.3 Å². The van der Waals surface area contributed by atoms with Crippen LogP contribution in [0, 0.1) is 11.8 Å². The van der Waals surface area contributed by atoms with Crippen LogP contribution in [-0.2, 0) is 9.59 Å². The number of aliphatic carboxylic acids is 1. The summed E-state index contributed by atoms with van der Waals surface area (Å²) < 4.78 is 0. The highest BCUT2D eigenvalue weighted by atomic mass is 16.4. The summed E-state index contributed by atoms with van der Waals surface area (Å²) in [4.78, 5) is 22.2. The first-order valence-electron chi connectivity index (χ1n) is 6.67. The average Bonchev–Trinajstić information content (AvgIpc) is 2.26. The number of rotatable bonds is 9. The molecule has 0 aliphatic heterocycles. The molecule has 2 atom stereocenters. The summed E-state index contributed by atoms with van der Waals surface area (Å²) in [7, 11) is 0. The number of carbonyl (C=O) groups is 2. The molecule has 2 unspecified atom stereocenters. The molecule has 0 radical (unpaired) electrons. The molecule has 0 spiro atoms. The first kappa shape index (κ1) is 16.9. The van der Waals surface area contributed by atoms with Gasteiger partial charge in [0, 0.05) is 19.4 Å². The fraction of sp³-hybridized carbons (Fsp3) is 0.846. The van der Waals surface area contributed by atoms with Crippen molar-refractivity contribution >= 4 is 11.9 Å². The van der Waals surface area contributed by atoms with E-state index < -0.39 is 5.97 Å². The van der Waals surface area contributed by atoms with Gasteiger partial charge in [-0.2, -0.15) is 0 Å². The van der Waals surface area contributed by atoms with Crippen molar-refractivity contribution in [2.45, 2.75) is 52.9 Å². The zero-order valence-corrected chi connectivity index (χ0v) is 11.7. The molecule has 0 aliphatic rings. The molecule has 1 amide bonds. The largest absolute Gasteiger partial charge is 0.481 e. The summed E-state index contributed by atoms with van der Waals surface area (Å²) >= 11 is 0. The SMILES string of the molecule is CCCC(C)CC(CC(=O)O)CN(N)C(=O)CC. The van der Waals surface area contributed by atoms with E-state index in [2.05, 4.69) is 13.8 Å². The van der Waals surface area contributed by atoms with Gasteiger partial charge < -0.3 is 5.11 Å². The van der Waals surface area contributed by atoms with Gasteiger partial charge in [-0.25, -0.2) is 5.84 Å². The van der Waals surface area contributed by atoms with Crippen LogP contribution in [0.25, 0.3) is 0 Å². The Morgan fingerprint density at radius 1 is 1.33 bits per heavy atom. The predicted molar refractivity (Wildman–Crippen MR) is 70.6 cm³/mol. The summed E-state index contributed by atoms with van der Waals surface area (Å²) in [5.74, 6) is 5.06. The van der Waals surface area contributed by atoms with E-state index in [1.807, 2.05) is 0 Å². The topological polar surface area (TPSA) is 83.6 Å². The molecule has 0 aromatic rings. The predicted octanol–water partition coefficient (Wildman–Crippen LogP) is 2.02. The van der Waals surface area contributed by atoms with Crippen LogP contribution in [0.2, 0.25) is 0 Å². The van der Waals surface area contributed by atoms with Gasteiger partial charge in [0.05, 0.1) is 0 Å². The fourth-order valence-electron chi connectivity index (χ4n) is 2.23. The number of nitrogens with two attached hydrogens (primary N) is 1. The van der Waals surface area contributed by atoms with Crippen molar-refractivity contribution in [2.75, 3.05) is 6.54 Å². The van der Waals surface area contributed by atoms with Crippen LogP contribution >= 0.6 is 0 Å². The van der Waals surface area contributed by atoms with Crippen LogP contribution in [0.5, 0.6) is 0 Å². The maximum Gasteiger partial charge on any atom is 0.303 e. The molecule has 106 valence electrons. The third kappa shape index (κ3) is 7.27. The molecule has 18 heavy (non-hydrogen) atoms. The van der Waals surface area contributed by atoms with Crippen molar-refractivity contribution in [2.24, 2.45) is 17.7 Å². The second kappa shape index (κ2) is 8.91. The average molecular weight is 258 g/mol. The van der Waals surface area contributed by atoms with E-state index in [9.17, 15) is 9.59 Å². The lowest BCUT2D eigenvalue weighted by atomic mass is 9.90. The maximum absolute atomic E-state index is 11.4. The summed E-state index contributed by atoms with van der Waals surface area (Å²) in [5, 5.41) is 10.1. The third-order valence-corrected chi connectivity index (χ3v) is 3.06. The third-order valence-electron chi connectivity index (χ3n) is 3.06. The molecule has 5 heteroatoms. The first-order chi connectivity index (χ1) is 8.40. The number of hydrogen-bond donors (Lipinski definition) is 2. The monoisotopic (exact) mass is 258 g/mol. The Morgan fingerprint density at radius 3 is 2.39 bits per heavy atom. The normalized spacial score (nSPS) is 14.0. The molecule has 0 fully saturated rings. The van der Waals surface area contributed by atoms with Gasteiger partial charge in [-0.3, -0.25) is 14.6 Å². The quantitative estimate of drug-likeness (QED) is 0.376. The lowest BCUT2D eigenvalue weighted by Crippen LogP contribution is -2.41. The lowest BCUT2D eigenvalue weighted by Gasteiger charge is -2.24. The Morgan fingerprint density at radius 2 is 1.94 bits per heavy atom. The number of hydrazine groups is 1. The minimum absolute atomic E-state index is 0.0652. The molecular weight excluding hydrogens is 232 g/mol. The first-order valence-corrected chi connectivity index (χ1v) is 6.67. The standard InChI is InChI=1S/C13H26N2O3/c1-4-6-10(3)7-11(8-13(17)18)9-15(14)12(16)5-2/h10-11H,4-9,14H2,1-3H3,(H,17,18). The number of carboxylic acid groups (broad SMARTS) is 1. The zero-order valence-electron chi connectivity index (χ0n) is 11.7. The van der Waals surface area contributed by atoms with Crippen LogP contribution in [0.1, 0.15) is 52.9 Å².